The number of nitrogens with zero attached hydrogens (tertiary/aromatic N) is 1. The third-order valence-corrected chi connectivity index (χ3v) is 4.87. The second kappa shape index (κ2) is 6.43. The fourth-order valence-corrected chi connectivity index (χ4v) is 3.16. The molecule has 0 aliphatic rings. The van der Waals surface area contributed by atoms with Crippen molar-refractivity contribution in [3.05, 3.63) is 53.3 Å². The van der Waals surface area contributed by atoms with Crippen molar-refractivity contribution in [1.82, 2.24) is 9.29 Å². The normalized spacial score (nSPS) is 11.7. The minimum absolute atomic E-state index is 0.203. The molecule has 0 radical (unpaired) electrons. The molecule has 0 bridgehead atoms. The fourth-order valence-electron chi connectivity index (χ4n) is 1.81. The van der Waals surface area contributed by atoms with Crippen molar-refractivity contribution in [3.8, 4) is 0 Å². The maximum absolute atomic E-state index is 12.1. The molecule has 0 aliphatic heterocycles. The van der Waals surface area contributed by atoms with Gasteiger partial charge >= 0.3 is 0 Å². The van der Waals surface area contributed by atoms with Gasteiger partial charge in [-0.25, -0.2) is 13.1 Å². The Balaban J connectivity index is 1.92. The predicted octanol–water partition coefficient (Wildman–Crippen LogP) is 2.82. The zero-order valence-corrected chi connectivity index (χ0v) is 12.8. The molecule has 0 spiro atoms. The first-order chi connectivity index (χ1) is 9.49. The Morgan fingerprint density at radius 2 is 1.95 bits per heavy atom. The molecule has 1 heterocycles. The summed E-state index contributed by atoms with van der Waals surface area (Å²) in [7, 11) is -3.48. The van der Waals surface area contributed by atoms with Gasteiger partial charge in [0.05, 0.1) is 4.90 Å². The summed E-state index contributed by atoms with van der Waals surface area (Å²) in [4.78, 5) is 0.203. The van der Waals surface area contributed by atoms with Crippen LogP contribution in [0, 0.1) is 6.92 Å². The number of nitrogens with one attached hydrogen (secondary N) is 1. The van der Waals surface area contributed by atoms with Gasteiger partial charge in [0.2, 0.25) is 10.0 Å². The van der Waals surface area contributed by atoms with Crippen LogP contribution in [0.2, 0.25) is 5.02 Å². The Bertz CT molecular complexity index is 666. The van der Waals surface area contributed by atoms with Crippen LogP contribution in [0.3, 0.4) is 0 Å². The number of benzene rings is 1. The van der Waals surface area contributed by atoms with Gasteiger partial charge in [-0.3, -0.25) is 0 Å². The SMILES string of the molecule is Cc1ccc(S(=O)(=O)NCCCn2cccc2)cc1Cl. The number of halogens is 1. The molecule has 1 aromatic heterocycles. The molecule has 0 saturated heterocycles. The molecule has 4 nitrogen and oxygen atoms in total. The summed E-state index contributed by atoms with van der Waals surface area (Å²) in [6.07, 6.45) is 4.63. The van der Waals surface area contributed by atoms with Crippen molar-refractivity contribution in [2.45, 2.75) is 24.8 Å². The highest BCUT2D eigenvalue weighted by molar-refractivity contribution is 7.89. The number of hydrogen-bond acceptors (Lipinski definition) is 2. The number of sulfonamides is 1. The van der Waals surface area contributed by atoms with Gasteiger partial charge in [-0.05, 0) is 43.2 Å². The number of hydrogen-bond donors (Lipinski definition) is 1. The van der Waals surface area contributed by atoms with Crippen LogP contribution in [0.1, 0.15) is 12.0 Å². The smallest absolute Gasteiger partial charge is 0.240 e. The van der Waals surface area contributed by atoms with E-state index in [0.29, 0.717) is 11.6 Å². The number of aryl methyl sites for hydroxylation is 2. The van der Waals surface area contributed by atoms with Crippen LogP contribution in [0.15, 0.2) is 47.6 Å². The molecule has 2 rings (SSSR count). The van der Waals surface area contributed by atoms with Gasteiger partial charge in [-0.2, -0.15) is 0 Å². The van der Waals surface area contributed by atoms with E-state index in [1.54, 1.807) is 12.1 Å². The largest absolute Gasteiger partial charge is 0.354 e. The molecule has 0 amide bonds. The van der Waals surface area contributed by atoms with Gasteiger partial charge in [0.25, 0.3) is 0 Å². The summed E-state index contributed by atoms with van der Waals surface area (Å²) >= 11 is 5.95. The second-order valence-electron chi connectivity index (χ2n) is 4.58. The van der Waals surface area contributed by atoms with E-state index in [1.165, 1.54) is 6.07 Å². The summed E-state index contributed by atoms with van der Waals surface area (Å²) in [5.41, 5.74) is 0.859. The first-order valence-corrected chi connectivity index (χ1v) is 8.22. The Morgan fingerprint density at radius 1 is 1.25 bits per heavy atom. The minimum atomic E-state index is -3.48. The molecule has 0 atom stereocenters. The van der Waals surface area contributed by atoms with E-state index < -0.39 is 10.0 Å². The predicted molar refractivity (Wildman–Crippen MR) is 80.4 cm³/mol. The lowest BCUT2D eigenvalue weighted by atomic mass is 10.2. The van der Waals surface area contributed by atoms with Gasteiger partial charge in [0.15, 0.2) is 0 Å². The summed E-state index contributed by atoms with van der Waals surface area (Å²) in [5, 5.41) is 0.459. The van der Waals surface area contributed by atoms with E-state index in [1.807, 2.05) is 36.0 Å². The lowest BCUT2D eigenvalue weighted by molar-refractivity contribution is 0.570. The second-order valence-corrected chi connectivity index (χ2v) is 6.76. The molecule has 0 fully saturated rings. The van der Waals surface area contributed by atoms with Crippen molar-refractivity contribution in [1.29, 1.82) is 0 Å². The first-order valence-electron chi connectivity index (χ1n) is 6.35. The zero-order chi connectivity index (χ0) is 14.6. The quantitative estimate of drug-likeness (QED) is 0.834. The fraction of sp³-hybridized carbons (Fsp3) is 0.286. The van der Waals surface area contributed by atoms with E-state index in [4.69, 9.17) is 11.6 Å². The monoisotopic (exact) mass is 312 g/mol. The standard InChI is InChI=1S/C14H17ClN2O2S/c1-12-5-6-13(11-14(12)15)20(18,19)16-7-4-10-17-8-2-3-9-17/h2-3,5-6,8-9,11,16H,4,7,10H2,1H3. The van der Waals surface area contributed by atoms with Crippen molar-refractivity contribution in [2.75, 3.05) is 6.54 Å². The van der Waals surface area contributed by atoms with Crippen molar-refractivity contribution in [3.63, 3.8) is 0 Å². The average Bonchev–Trinajstić information content (AvgIpc) is 2.91. The van der Waals surface area contributed by atoms with Crippen LogP contribution in [-0.2, 0) is 16.6 Å². The summed E-state index contributed by atoms with van der Waals surface area (Å²) < 4.78 is 28.8. The maximum Gasteiger partial charge on any atom is 0.240 e. The average molecular weight is 313 g/mol. The van der Waals surface area contributed by atoms with Crippen LogP contribution >= 0.6 is 11.6 Å². The lowest BCUT2D eigenvalue weighted by Crippen LogP contribution is -2.25. The molecule has 108 valence electrons. The molecule has 1 aromatic carbocycles. The molecule has 0 aliphatic carbocycles. The highest BCUT2D eigenvalue weighted by Crippen LogP contribution is 2.19. The number of aromatic nitrogens is 1. The maximum atomic E-state index is 12.1. The van der Waals surface area contributed by atoms with E-state index in [9.17, 15) is 8.42 Å². The van der Waals surface area contributed by atoms with Gasteiger partial charge < -0.3 is 4.57 Å². The van der Waals surface area contributed by atoms with Crippen LogP contribution in [0.5, 0.6) is 0 Å². The van der Waals surface area contributed by atoms with Crippen LogP contribution < -0.4 is 4.72 Å². The van der Waals surface area contributed by atoms with Gasteiger partial charge in [-0.1, -0.05) is 17.7 Å². The Labute approximate surface area is 124 Å². The van der Waals surface area contributed by atoms with Gasteiger partial charge in [0, 0.05) is 30.5 Å². The molecular weight excluding hydrogens is 296 g/mol. The first kappa shape index (κ1) is 15.1. The van der Waals surface area contributed by atoms with Crippen molar-refractivity contribution >= 4 is 21.6 Å². The van der Waals surface area contributed by atoms with E-state index in [0.717, 1.165) is 18.5 Å². The Morgan fingerprint density at radius 3 is 2.60 bits per heavy atom. The minimum Gasteiger partial charge on any atom is -0.354 e. The molecule has 6 heteroatoms. The summed E-state index contributed by atoms with van der Waals surface area (Å²) in [5.74, 6) is 0. The molecule has 0 unspecified atom stereocenters. The van der Waals surface area contributed by atoms with Crippen LogP contribution in [0.4, 0.5) is 0 Å². The number of rotatable bonds is 6. The van der Waals surface area contributed by atoms with E-state index in [2.05, 4.69) is 4.72 Å². The molecular formula is C14H17ClN2O2S. The third-order valence-electron chi connectivity index (χ3n) is 3.00. The molecule has 20 heavy (non-hydrogen) atoms. The lowest BCUT2D eigenvalue weighted by Gasteiger charge is -2.08. The van der Waals surface area contributed by atoms with Gasteiger partial charge in [0.1, 0.15) is 0 Å². The van der Waals surface area contributed by atoms with Crippen molar-refractivity contribution < 1.29 is 8.42 Å². The molecule has 2 aromatic rings. The highest BCUT2D eigenvalue weighted by Gasteiger charge is 2.14. The summed E-state index contributed by atoms with van der Waals surface area (Å²) in [6.45, 7) is 3.01. The van der Waals surface area contributed by atoms with Gasteiger partial charge in [-0.15, -0.1) is 0 Å². The summed E-state index contributed by atoms with van der Waals surface area (Å²) in [6, 6.07) is 8.63. The molecule has 0 saturated carbocycles. The third kappa shape index (κ3) is 3.85. The van der Waals surface area contributed by atoms with E-state index >= 15 is 0 Å². The Hall–Kier alpha value is -1.30. The topological polar surface area (TPSA) is 51.1 Å². The van der Waals surface area contributed by atoms with Crippen LogP contribution in [0.25, 0.3) is 0 Å². The van der Waals surface area contributed by atoms with Crippen LogP contribution in [-0.4, -0.2) is 19.5 Å². The van der Waals surface area contributed by atoms with E-state index in [-0.39, 0.29) is 4.90 Å². The highest BCUT2D eigenvalue weighted by atomic mass is 35.5. The Kier molecular flexibility index (Phi) is 4.86. The zero-order valence-electron chi connectivity index (χ0n) is 11.2. The molecule has 1 N–H and O–H groups in total. The van der Waals surface area contributed by atoms with Crippen molar-refractivity contribution in [2.24, 2.45) is 0 Å².